The van der Waals surface area contributed by atoms with E-state index in [1.54, 1.807) is 48.5 Å². The first-order valence-electron chi connectivity index (χ1n) is 10.9. The van der Waals surface area contributed by atoms with Crippen LogP contribution >= 0.6 is 15.9 Å². The maximum Gasteiger partial charge on any atom is 0.343 e. The molecule has 1 heterocycles. The number of imide groups is 2. The van der Waals surface area contributed by atoms with Crippen LogP contribution in [0.4, 0.5) is 4.79 Å². The highest BCUT2D eigenvalue weighted by Gasteiger charge is 2.49. The van der Waals surface area contributed by atoms with E-state index < -0.39 is 23.8 Å². The zero-order chi connectivity index (χ0) is 23.1. The first kappa shape index (κ1) is 21.6. The fourth-order valence-corrected chi connectivity index (χ4v) is 5.36. The van der Waals surface area contributed by atoms with Crippen LogP contribution in [0.5, 0.6) is 5.75 Å². The average molecular weight is 509 g/mol. The highest BCUT2D eigenvalue weighted by Crippen LogP contribution is 2.47. The van der Waals surface area contributed by atoms with Gasteiger partial charge in [-0.1, -0.05) is 40.5 Å². The van der Waals surface area contributed by atoms with E-state index in [9.17, 15) is 19.2 Å². The summed E-state index contributed by atoms with van der Waals surface area (Å²) >= 11 is 3.33. The van der Waals surface area contributed by atoms with Crippen molar-refractivity contribution in [3.63, 3.8) is 0 Å². The number of carbonyl (C=O) groups is 4. The summed E-state index contributed by atoms with van der Waals surface area (Å²) in [5.74, 6) is -0.884. The molecular formula is C25H21BrN2O5. The maximum absolute atomic E-state index is 13.3. The molecule has 4 amide bonds. The van der Waals surface area contributed by atoms with Crippen LogP contribution < -0.4 is 10.1 Å². The van der Waals surface area contributed by atoms with Gasteiger partial charge in [-0.15, -0.1) is 0 Å². The number of ether oxygens (including phenoxy) is 1. The molecule has 2 aromatic rings. The van der Waals surface area contributed by atoms with Gasteiger partial charge in [0.1, 0.15) is 11.3 Å². The second-order valence-corrected chi connectivity index (χ2v) is 9.58. The van der Waals surface area contributed by atoms with Gasteiger partial charge in [-0.05, 0) is 67.5 Å². The van der Waals surface area contributed by atoms with Crippen LogP contribution in [0.2, 0.25) is 0 Å². The molecule has 3 atom stereocenters. The smallest absolute Gasteiger partial charge is 0.343 e. The number of para-hydroxylation sites is 1. The van der Waals surface area contributed by atoms with Crippen molar-refractivity contribution in [1.29, 1.82) is 0 Å². The van der Waals surface area contributed by atoms with E-state index in [1.807, 2.05) is 0 Å². The predicted molar refractivity (Wildman–Crippen MR) is 123 cm³/mol. The number of rotatable bonds is 4. The van der Waals surface area contributed by atoms with Crippen molar-refractivity contribution in [2.45, 2.75) is 31.7 Å². The summed E-state index contributed by atoms with van der Waals surface area (Å²) in [6, 6.07) is 12.5. The SMILES string of the molecule is O=C1NC(=O)N([C@@H]2C[C@H]3CC[C@H]2C3)C(=O)/C1=C\c1ccccc1OC(=O)c1ccc(Br)cc1. The number of hydrogen-bond donors (Lipinski definition) is 1. The Morgan fingerprint density at radius 2 is 1.79 bits per heavy atom. The van der Waals surface area contributed by atoms with Gasteiger partial charge in [-0.3, -0.25) is 19.8 Å². The normalized spacial score (nSPS) is 25.5. The van der Waals surface area contributed by atoms with Gasteiger partial charge in [0.15, 0.2) is 0 Å². The molecule has 168 valence electrons. The molecule has 3 aliphatic rings. The monoisotopic (exact) mass is 508 g/mol. The Morgan fingerprint density at radius 3 is 2.48 bits per heavy atom. The molecule has 2 saturated carbocycles. The molecule has 8 heteroatoms. The largest absolute Gasteiger partial charge is 0.422 e. The second kappa shape index (κ2) is 8.59. The summed E-state index contributed by atoms with van der Waals surface area (Å²) in [6.07, 6.45) is 5.31. The maximum atomic E-state index is 13.3. The number of nitrogens with zero attached hydrogens (tertiary/aromatic N) is 1. The fraction of sp³-hybridized carbons (Fsp3) is 0.280. The van der Waals surface area contributed by atoms with Crippen molar-refractivity contribution in [3.05, 3.63) is 69.7 Å². The Morgan fingerprint density at radius 1 is 1.03 bits per heavy atom. The summed E-state index contributed by atoms with van der Waals surface area (Å²) in [6.45, 7) is 0. The summed E-state index contributed by atoms with van der Waals surface area (Å²) in [5, 5.41) is 2.30. The number of halogens is 1. The first-order chi connectivity index (χ1) is 15.9. The molecule has 3 fully saturated rings. The zero-order valence-corrected chi connectivity index (χ0v) is 19.2. The van der Waals surface area contributed by atoms with Crippen molar-refractivity contribution >= 4 is 45.8 Å². The summed E-state index contributed by atoms with van der Waals surface area (Å²) in [4.78, 5) is 52.2. The number of fused-ring (bicyclic) bond motifs is 2. The van der Waals surface area contributed by atoms with Crippen LogP contribution in [0.1, 0.15) is 41.6 Å². The van der Waals surface area contributed by atoms with Crippen LogP contribution in [0, 0.1) is 11.8 Å². The van der Waals surface area contributed by atoms with E-state index in [-0.39, 0.29) is 17.4 Å². The van der Waals surface area contributed by atoms with Gasteiger partial charge in [0.05, 0.1) is 5.56 Å². The number of amides is 4. The summed E-state index contributed by atoms with van der Waals surface area (Å²) in [7, 11) is 0. The molecule has 7 nitrogen and oxygen atoms in total. The Balaban J connectivity index is 1.43. The van der Waals surface area contributed by atoms with Crippen LogP contribution in [0.25, 0.3) is 6.08 Å². The van der Waals surface area contributed by atoms with E-state index in [0.717, 1.165) is 30.2 Å². The molecule has 2 aliphatic carbocycles. The summed E-state index contributed by atoms with van der Waals surface area (Å²) in [5.41, 5.74) is 0.605. The van der Waals surface area contributed by atoms with Gasteiger partial charge in [0.25, 0.3) is 11.8 Å². The minimum atomic E-state index is -0.751. The highest BCUT2D eigenvalue weighted by molar-refractivity contribution is 9.10. The third-order valence-electron chi connectivity index (χ3n) is 6.67. The van der Waals surface area contributed by atoms with Gasteiger partial charge in [-0.25, -0.2) is 9.59 Å². The molecule has 33 heavy (non-hydrogen) atoms. The highest BCUT2D eigenvalue weighted by atomic mass is 79.9. The number of benzene rings is 2. The Hall–Kier alpha value is -3.26. The third kappa shape index (κ3) is 4.11. The zero-order valence-electron chi connectivity index (χ0n) is 17.6. The Kier molecular flexibility index (Phi) is 5.62. The Labute approximate surface area is 198 Å². The molecule has 5 rings (SSSR count). The number of carbonyl (C=O) groups excluding carboxylic acids is 4. The minimum Gasteiger partial charge on any atom is -0.422 e. The summed E-state index contributed by atoms with van der Waals surface area (Å²) < 4.78 is 6.38. The van der Waals surface area contributed by atoms with Crippen LogP contribution in [0.15, 0.2) is 58.6 Å². The van der Waals surface area contributed by atoms with Crippen molar-refractivity contribution in [2.24, 2.45) is 11.8 Å². The number of nitrogens with one attached hydrogen (secondary N) is 1. The minimum absolute atomic E-state index is 0.149. The quantitative estimate of drug-likeness (QED) is 0.287. The second-order valence-electron chi connectivity index (χ2n) is 8.67. The van der Waals surface area contributed by atoms with Crippen molar-refractivity contribution in [1.82, 2.24) is 10.2 Å². The number of barbiturate groups is 1. The van der Waals surface area contributed by atoms with Gasteiger partial charge in [-0.2, -0.15) is 0 Å². The van der Waals surface area contributed by atoms with Crippen molar-refractivity contribution < 1.29 is 23.9 Å². The molecule has 1 aliphatic heterocycles. The Bertz CT molecular complexity index is 1190. The van der Waals surface area contributed by atoms with E-state index in [2.05, 4.69) is 21.2 Å². The van der Waals surface area contributed by atoms with Gasteiger partial charge in [0, 0.05) is 16.1 Å². The van der Waals surface area contributed by atoms with Crippen LogP contribution in [-0.4, -0.2) is 34.8 Å². The van der Waals surface area contributed by atoms with Crippen molar-refractivity contribution in [3.8, 4) is 5.75 Å². The fourth-order valence-electron chi connectivity index (χ4n) is 5.09. The predicted octanol–water partition coefficient (Wildman–Crippen LogP) is 4.32. The molecule has 0 spiro atoms. The van der Waals surface area contributed by atoms with E-state index >= 15 is 0 Å². The number of hydrogen-bond acceptors (Lipinski definition) is 5. The molecular weight excluding hydrogens is 488 g/mol. The van der Waals surface area contributed by atoms with Gasteiger partial charge < -0.3 is 4.74 Å². The lowest BCUT2D eigenvalue weighted by Gasteiger charge is -2.35. The van der Waals surface area contributed by atoms with E-state index in [0.29, 0.717) is 23.0 Å². The van der Waals surface area contributed by atoms with Crippen LogP contribution in [0.3, 0.4) is 0 Å². The van der Waals surface area contributed by atoms with E-state index in [4.69, 9.17) is 4.74 Å². The van der Waals surface area contributed by atoms with Crippen molar-refractivity contribution in [2.75, 3.05) is 0 Å². The molecule has 1 N–H and O–H groups in total. The molecule has 0 aromatic heterocycles. The lowest BCUT2D eigenvalue weighted by molar-refractivity contribution is -0.132. The van der Waals surface area contributed by atoms with Gasteiger partial charge >= 0.3 is 12.0 Å². The molecule has 2 aromatic carbocycles. The molecule has 2 bridgehead atoms. The first-order valence-corrected chi connectivity index (χ1v) is 11.7. The van der Waals surface area contributed by atoms with Gasteiger partial charge in [0.2, 0.25) is 0 Å². The lowest BCUT2D eigenvalue weighted by Crippen LogP contribution is -2.58. The number of esters is 1. The topological polar surface area (TPSA) is 92.8 Å². The number of urea groups is 1. The third-order valence-corrected chi connectivity index (χ3v) is 7.20. The van der Waals surface area contributed by atoms with Crippen LogP contribution in [-0.2, 0) is 9.59 Å². The standard InChI is InChI=1S/C25H21BrN2O5/c26-18-9-7-15(8-10-18)24(31)33-21-4-2-1-3-17(21)13-19-22(29)27-25(32)28(23(19)30)20-12-14-5-6-16(20)11-14/h1-4,7-10,13-14,16,20H,5-6,11-12H2,(H,27,29,32)/b19-13-/t14-,16-,20+/m0/s1. The molecule has 0 radical (unpaired) electrons. The van der Waals surface area contributed by atoms with E-state index in [1.165, 1.54) is 11.0 Å². The average Bonchev–Trinajstić information content (AvgIpc) is 3.42. The lowest BCUT2D eigenvalue weighted by atomic mass is 9.93. The molecule has 0 unspecified atom stereocenters. The molecule has 1 saturated heterocycles.